The lowest BCUT2D eigenvalue weighted by Crippen LogP contribution is -2.30. The quantitative estimate of drug-likeness (QED) is 0.870. The number of amides is 1. The SMILES string of the molecule is CCS(=O)(=O)N1CC[C@H](n2ccc(NC(C)=O)n2)C1. The Morgan fingerprint density at radius 1 is 1.58 bits per heavy atom. The maximum atomic E-state index is 11.8. The Labute approximate surface area is 112 Å². The van der Waals surface area contributed by atoms with E-state index in [1.807, 2.05) is 0 Å². The first kappa shape index (κ1) is 14.0. The van der Waals surface area contributed by atoms with Crippen LogP contribution in [-0.4, -0.2) is 47.3 Å². The highest BCUT2D eigenvalue weighted by Crippen LogP contribution is 2.24. The topological polar surface area (TPSA) is 84.3 Å². The predicted octanol–water partition coefficient (Wildman–Crippen LogP) is 0.438. The molecule has 8 heteroatoms. The number of rotatable bonds is 4. The second-order valence-corrected chi connectivity index (χ2v) is 6.82. The molecule has 0 aliphatic carbocycles. The van der Waals surface area contributed by atoms with Crippen molar-refractivity contribution in [3.8, 4) is 0 Å². The van der Waals surface area contributed by atoms with Crippen molar-refractivity contribution in [1.82, 2.24) is 14.1 Å². The summed E-state index contributed by atoms with van der Waals surface area (Å²) in [5.74, 6) is 0.437. The lowest BCUT2D eigenvalue weighted by molar-refractivity contribution is -0.114. The van der Waals surface area contributed by atoms with Crippen molar-refractivity contribution < 1.29 is 13.2 Å². The molecular formula is C11H18N4O3S. The summed E-state index contributed by atoms with van der Waals surface area (Å²) < 4.78 is 26.8. The van der Waals surface area contributed by atoms with Gasteiger partial charge in [0.1, 0.15) is 0 Å². The number of nitrogens with zero attached hydrogens (tertiary/aromatic N) is 3. The second kappa shape index (κ2) is 5.30. The first-order valence-corrected chi connectivity index (χ1v) is 7.84. The van der Waals surface area contributed by atoms with Gasteiger partial charge >= 0.3 is 0 Å². The summed E-state index contributed by atoms with van der Waals surface area (Å²) in [5, 5.41) is 6.84. The molecule has 1 saturated heterocycles. The highest BCUT2D eigenvalue weighted by Gasteiger charge is 2.31. The first-order valence-electron chi connectivity index (χ1n) is 6.23. The van der Waals surface area contributed by atoms with Gasteiger partial charge in [0.15, 0.2) is 5.82 Å². The van der Waals surface area contributed by atoms with E-state index in [-0.39, 0.29) is 17.7 Å². The van der Waals surface area contributed by atoms with Crippen LogP contribution in [0.25, 0.3) is 0 Å². The molecule has 0 aromatic carbocycles. The summed E-state index contributed by atoms with van der Waals surface area (Å²) in [5.41, 5.74) is 0. The lowest BCUT2D eigenvalue weighted by Gasteiger charge is -2.15. The van der Waals surface area contributed by atoms with Crippen molar-refractivity contribution >= 4 is 21.7 Å². The molecule has 0 unspecified atom stereocenters. The number of nitrogens with one attached hydrogen (secondary N) is 1. The number of carbonyl (C=O) groups is 1. The number of anilines is 1. The van der Waals surface area contributed by atoms with Gasteiger partial charge in [-0.2, -0.15) is 9.40 Å². The van der Waals surface area contributed by atoms with Crippen molar-refractivity contribution in [1.29, 1.82) is 0 Å². The summed E-state index contributed by atoms with van der Waals surface area (Å²) in [6.07, 6.45) is 2.50. The molecule has 1 fully saturated rings. The zero-order valence-electron chi connectivity index (χ0n) is 11.0. The molecule has 0 saturated carbocycles. The fraction of sp³-hybridized carbons (Fsp3) is 0.636. The molecule has 0 spiro atoms. The minimum Gasteiger partial charge on any atom is -0.309 e. The molecule has 1 aromatic heterocycles. The molecule has 19 heavy (non-hydrogen) atoms. The third kappa shape index (κ3) is 3.13. The third-order valence-electron chi connectivity index (χ3n) is 3.17. The zero-order chi connectivity index (χ0) is 14.0. The van der Waals surface area contributed by atoms with E-state index in [0.29, 0.717) is 18.9 Å². The highest BCUT2D eigenvalue weighted by atomic mass is 32.2. The van der Waals surface area contributed by atoms with E-state index in [0.717, 1.165) is 6.42 Å². The Kier molecular flexibility index (Phi) is 3.91. The molecule has 1 atom stereocenters. The molecule has 2 heterocycles. The van der Waals surface area contributed by atoms with E-state index in [4.69, 9.17) is 0 Å². The van der Waals surface area contributed by atoms with Crippen LogP contribution in [0.3, 0.4) is 0 Å². The van der Waals surface area contributed by atoms with Crippen LogP contribution in [0.5, 0.6) is 0 Å². The number of hydrogen-bond donors (Lipinski definition) is 1. The van der Waals surface area contributed by atoms with Crippen LogP contribution in [0.1, 0.15) is 26.3 Å². The van der Waals surface area contributed by atoms with Crippen molar-refractivity contribution in [2.45, 2.75) is 26.3 Å². The number of aromatic nitrogens is 2. The van der Waals surface area contributed by atoms with E-state index >= 15 is 0 Å². The molecule has 0 radical (unpaired) electrons. The molecule has 1 aliphatic rings. The van der Waals surface area contributed by atoms with Crippen LogP contribution in [0, 0.1) is 0 Å². The summed E-state index contributed by atoms with van der Waals surface area (Å²) in [7, 11) is -3.13. The van der Waals surface area contributed by atoms with Gasteiger partial charge in [-0.1, -0.05) is 0 Å². The van der Waals surface area contributed by atoms with Gasteiger partial charge in [0.05, 0.1) is 11.8 Å². The lowest BCUT2D eigenvalue weighted by atomic mass is 10.3. The maximum absolute atomic E-state index is 11.8. The van der Waals surface area contributed by atoms with Crippen LogP contribution in [0.2, 0.25) is 0 Å². The van der Waals surface area contributed by atoms with Gasteiger partial charge < -0.3 is 5.32 Å². The van der Waals surface area contributed by atoms with Crippen molar-refractivity contribution in [2.75, 3.05) is 24.2 Å². The Morgan fingerprint density at radius 3 is 2.95 bits per heavy atom. The predicted molar refractivity (Wildman–Crippen MR) is 71.2 cm³/mol. The van der Waals surface area contributed by atoms with E-state index in [1.165, 1.54) is 11.2 Å². The smallest absolute Gasteiger partial charge is 0.222 e. The minimum absolute atomic E-state index is 0.0313. The minimum atomic E-state index is -3.13. The van der Waals surface area contributed by atoms with Gasteiger partial charge in [0.25, 0.3) is 0 Å². The molecule has 1 amide bonds. The fourth-order valence-electron chi connectivity index (χ4n) is 2.15. The standard InChI is InChI=1S/C11H18N4O3S/c1-3-19(17,18)14-6-4-10(8-14)15-7-5-11(13-15)12-9(2)16/h5,7,10H,3-4,6,8H2,1-2H3,(H,12,13,16)/t10-/m0/s1. The molecule has 1 aromatic rings. The Balaban J connectivity index is 2.05. The maximum Gasteiger partial charge on any atom is 0.222 e. The monoisotopic (exact) mass is 286 g/mol. The number of hydrogen-bond acceptors (Lipinski definition) is 4. The van der Waals surface area contributed by atoms with Crippen LogP contribution in [-0.2, 0) is 14.8 Å². The zero-order valence-corrected chi connectivity index (χ0v) is 11.9. The molecule has 7 nitrogen and oxygen atoms in total. The van der Waals surface area contributed by atoms with Crippen LogP contribution in [0.15, 0.2) is 12.3 Å². The molecular weight excluding hydrogens is 268 g/mol. The average Bonchev–Trinajstić information content (AvgIpc) is 2.96. The Morgan fingerprint density at radius 2 is 2.32 bits per heavy atom. The van der Waals surface area contributed by atoms with E-state index in [1.54, 1.807) is 23.9 Å². The molecule has 106 valence electrons. The Hall–Kier alpha value is -1.41. The van der Waals surface area contributed by atoms with Crippen LogP contribution in [0.4, 0.5) is 5.82 Å². The Bertz CT molecular complexity index is 566. The van der Waals surface area contributed by atoms with Gasteiger partial charge in [0.2, 0.25) is 15.9 Å². The van der Waals surface area contributed by atoms with Gasteiger partial charge in [-0.15, -0.1) is 0 Å². The second-order valence-electron chi connectivity index (χ2n) is 4.56. The molecule has 1 N–H and O–H groups in total. The average molecular weight is 286 g/mol. The number of carbonyl (C=O) groups excluding carboxylic acids is 1. The van der Waals surface area contributed by atoms with E-state index in [9.17, 15) is 13.2 Å². The van der Waals surface area contributed by atoms with Gasteiger partial charge in [0, 0.05) is 32.3 Å². The van der Waals surface area contributed by atoms with Crippen molar-refractivity contribution in [2.24, 2.45) is 0 Å². The normalized spacial score (nSPS) is 20.6. The van der Waals surface area contributed by atoms with E-state index in [2.05, 4.69) is 10.4 Å². The van der Waals surface area contributed by atoms with Gasteiger partial charge in [-0.05, 0) is 13.3 Å². The van der Waals surface area contributed by atoms with E-state index < -0.39 is 10.0 Å². The van der Waals surface area contributed by atoms with Crippen molar-refractivity contribution in [3.63, 3.8) is 0 Å². The van der Waals surface area contributed by atoms with Gasteiger partial charge in [-0.3, -0.25) is 9.48 Å². The fourth-order valence-corrected chi connectivity index (χ4v) is 3.30. The van der Waals surface area contributed by atoms with Crippen molar-refractivity contribution in [3.05, 3.63) is 12.3 Å². The highest BCUT2D eigenvalue weighted by molar-refractivity contribution is 7.89. The third-order valence-corrected chi connectivity index (χ3v) is 5.02. The van der Waals surface area contributed by atoms with Crippen LogP contribution >= 0.6 is 0 Å². The molecule has 0 bridgehead atoms. The summed E-state index contributed by atoms with van der Waals surface area (Å²) in [6, 6.07) is 1.74. The largest absolute Gasteiger partial charge is 0.309 e. The van der Waals surface area contributed by atoms with Gasteiger partial charge in [-0.25, -0.2) is 8.42 Å². The summed E-state index contributed by atoms with van der Waals surface area (Å²) in [4.78, 5) is 10.9. The molecule has 2 rings (SSSR count). The summed E-state index contributed by atoms with van der Waals surface area (Å²) >= 11 is 0. The number of sulfonamides is 1. The first-order chi connectivity index (χ1) is 8.92. The molecule has 1 aliphatic heterocycles. The van der Waals surface area contributed by atoms with Crippen LogP contribution < -0.4 is 5.32 Å². The summed E-state index contributed by atoms with van der Waals surface area (Å²) in [6.45, 7) is 4.03.